The standard InChI is InChI=1S/C24H31N3O5/c1-24(2,3)32-23(29)26-19-9-10-20(18-8-6-5-7-17(18)19)31-14-16-11-12-25-21(13-16)27-22(28)15-30-4/h5-8,11-13,19-20H,9-10,14-15H2,1-4H3,(H,26,29)(H,25,27,28). The second-order valence-corrected chi connectivity index (χ2v) is 8.74. The van der Waals surface area contributed by atoms with Crippen molar-refractivity contribution in [3.8, 4) is 0 Å². The minimum Gasteiger partial charge on any atom is -0.444 e. The molecule has 32 heavy (non-hydrogen) atoms. The molecule has 1 aromatic carbocycles. The SMILES string of the molecule is COCC(=O)Nc1cc(COC2CCC(NC(=O)OC(C)(C)C)c3ccccc32)ccn1. The first kappa shape index (κ1) is 23.7. The van der Waals surface area contributed by atoms with E-state index in [4.69, 9.17) is 14.2 Å². The van der Waals surface area contributed by atoms with Crippen LogP contribution in [0.4, 0.5) is 10.6 Å². The molecule has 0 fully saturated rings. The summed E-state index contributed by atoms with van der Waals surface area (Å²) in [6, 6.07) is 11.5. The smallest absolute Gasteiger partial charge is 0.408 e. The summed E-state index contributed by atoms with van der Waals surface area (Å²) in [5, 5.41) is 5.68. The fourth-order valence-corrected chi connectivity index (χ4v) is 3.66. The van der Waals surface area contributed by atoms with Gasteiger partial charge in [0.2, 0.25) is 0 Å². The molecule has 1 heterocycles. The average molecular weight is 442 g/mol. The molecule has 1 aromatic heterocycles. The summed E-state index contributed by atoms with van der Waals surface area (Å²) in [6.07, 6.45) is 2.63. The van der Waals surface area contributed by atoms with E-state index in [1.165, 1.54) is 7.11 Å². The van der Waals surface area contributed by atoms with E-state index in [-0.39, 0.29) is 24.7 Å². The van der Waals surface area contributed by atoms with Crippen molar-refractivity contribution in [3.05, 3.63) is 59.3 Å². The number of hydrogen-bond donors (Lipinski definition) is 2. The number of methoxy groups -OCH3 is 1. The van der Waals surface area contributed by atoms with E-state index in [1.807, 2.05) is 51.1 Å². The molecule has 0 saturated carbocycles. The molecule has 8 nitrogen and oxygen atoms in total. The molecule has 0 bridgehead atoms. The van der Waals surface area contributed by atoms with Crippen LogP contribution in [0.1, 0.15) is 62.4 Å². The van der Waals surface area contributed by atoms with Gasteiger partial charge in [0.05, 0.1) is 18.8 Å². The summed E-state index contributed by atoms with van der Waals surface area (Å²) in [4.78, 5) is 28.1. The first-order valence-corrected chi connectivity index (χ1v) is 10.7. The third-order valence-electron chi connectivity index (χ3n) is 4.95. The molecule has 2 amide bonds. The van der Waals surface area contributed by atoms with E-state index in [9.17, 15) is 9.59 Å². The van der Waals surface area contributed by atoms with Crippen molar-refractivity contribution in [3.63, 3.8) is 0 Å². The summed E-state index contributed by atoms with van der Waals surface area (Å²) >= 11 is 0. The van der Waals surface area contributed by atoms with Gasteiger partial charge in [-0.25, -0.2) is 9.78 Å². The van der Waals surface area contributed by atoms with Gasteiger partial charge in [-0.15, -0.1) is 0 Å². The zero-order chi connectivity index (χ0) is 23.1. The number of carbonyl (C=O) groups excluding carboxylic acids is 2. The van der Waals surface area contributed by atoms with Crippen LogP contribution in [-0.4, -0.2) is 36.3 Å². The molecular formula is C24H31N3O5. The van der Waals surface area contributed by atoms with Crippen LogP contribution in [0.2, 0.25) is 0 Å². The Morgan fingerprint density at radius 2 is 1.88 bits per heavy atom. The van der Waals surface area contributed by atoms with E-state index in [1.54, 1.807) is 12.3 Å². The van der Waals surface area contributed by atoms with Crippen LogP contribution < -0.4 is 10.6 Å². The Morgan fingerprint density at radius 1 is 1.12 bits per heavy atom. The number of pyridine rings is 1. The van der Waals surface area contributed by atoms with Crippen molar-refractivity contribution in [1.29, 1.82) is 0 Å². The van der Waals surface area contributed by atoms with Crippen molar-refractivity contribution >= 4 is 17.8 Å². The number of alkyl carbamates (subject to hydrolysis) is 1. The third kappa shape index (κ3) is 6.77. The first-order valence-electron chi connectivity index (χ1n) is 10.7. The molecular weight excluding hydrogens is 410 g/mol. The van der Waals surface area contributed by atoms with Crippen LogP contribution in [-0.2, 0) is 25.6 Å². The zero-order valence-corrected chi connectivity index (χ0v) is 19.0. The lowest BCUT2D eigenvalue weighted by Crippen LogP contribution is -2.36. The van der Waals surface area contributed by atoms with E-state index in [0.29, 0.717) is 12.4 Å². The number of hydrogen-bond acceptors (Lipinski definition) is 6. The van der Waals surface area contributed by atoms with Crippen LogP contribution in [0, 0.1) is 0 Å². The van der Waals surface area contributed by atoms with Gasteiger partial charge in [-0.05, 0) is 62.4 Å². The van der Waals surface area contributed by atoms with Gasteiger partial charge in [0.15, 0.2) is 0 Å². The highest BCUT2D eigenvalue weighted by Crippen LogP contribution is 2.38. The van der Waals surface area contributed by atoms with Gasteiger partial charge in [-0.2, -0.15) is 0 Å². The summed E-state index contributed by atoms with van der Waals surface area (Å²) in [6.45, 7) is 5.88. The summed E-state index contributed by atoms with van der Waals surface area (Å²) < 4.78 is 16.5. The predicted molar refractivity (Wildman–Crippen MR) is 120 cm³/mol. The summed E-state index contributed by atoms with van der Waals surface area (Å²) in [7, 11) is 1.47. The zero-order valence-electron chi connectivity index (χ0n) is 19.0. The Labute approximate surface area is 188 Å². The highest BCUT2D eigenvalue weighted by atomic mass is 16.6. The number of rotatable bonds is 7. The molecule has 0 radical (unpaired) electrons. The molecule has 2 aromatic rings. The van der Waals surface area contributed by atoms with Gasteiger partial charge in [-0.1, -0.05) is 24.3 Å². The van der Waals surface area contributed by atoms with E-state index < -0.39 is 11.7 Å². The van der Waals surface area contributed by atoms with Crippen LogP contribution in [0.25, 0.3) is 0 Å². The Bertz CT molecular complexity index is 941. The maximum Gasteiger partial charge on any atom is 0.408 e. The minimum atomic E-state index is -0.545. The van der Waals surface area contributed by atoms with Gasteiger partial charge >= 0.3 is 6.09 Å². The quantitative estimate of drug-likeness (QED) is 0.665. The molecule has 3 rings (SSSR count). The maximum absolute atomic E-state index is 12.3. The second kappa shape index (κ2) is 10.6. The molecule has 0 aliphatic heterocycles. The normalized spacial score (nSPS) is 17.9. The van der Waals surface area contributed by atoms with Crippen molar-refractivity contribution in [2.75, 3.05) is 19.0 Å². The van der Waals surface area contributed by atoms with Gasteiger partial charge in [0.25, 0.3) is 5.91 Å². The number of nitrogens with zero attached hydrogens (tertiary/aromatic N) is 1. The monoisotopic (exact) mass is 441 g/mol. The molecule has 1 aliphatic rings. The number of ether oxygens (including phenoxy) is 3. The lowest BCUT2D eigenvalue weighted by atomic mass is 9.85. The van der Waals surface area contributed by atoms with Gasteiger partial charge in [-0.3, -0.25) is 4.79 Å². The molecule has 0 spiro atoms. The maximum atomic E-state index is 12.3. The highest BCUT2D eigenvalue weighted by Gasteiger charge is 2.29. The highest BCUT2D eigenvalue weighted by molar-refractivity contribution is 5.90. The summed E-state index contributed by atoms with van der Waals surface area (Å²) in [5.74, 6) is 0.196. The first-order chi connectivity index (χ1) is 15.2. The van der Waals surface area contributed by atoms with Crippen LogP contribution >= 0.6 is 0 Å². The topological polar surface area (TPSA) is 98.8 Å². The fraction of sp³-hybridized carbons (Fsp3) is 0.458. The fourth-order valence-electron chi connectivity index (χ4n) is 3.66. The molecule has 8 heteroatoms. The largest absolute Gasteiger partial charge is 0.444 e. The Kier molecular flexibility index (Phi) is 7.82. The molecule has 2 atom stereocenters. The Hall–Kier alpha value is -2.97. The van der Waals surface area contributed by atoms with E-state index in [0.717, 1.165) is 29.5 Å². The molecule has 0 saturated heterocycles. The lowest BCUT2D eigenvalue weighted by Gasteiger charge is -2.32. The lowest BCUT2D eigenvalue weighted by molar-refractivity contribution is -0.119. The number of carbonyl (C=O) groups is 2. The molecule has 2 N–H and O–H groups in total. The van der Waals surface area contributed by atoms with Crippen molar-refractivity contribution in [2.45, 2.75) is 58.0 Å². The van der Waals surface area contributed by atoms with E-state index in [2.05, 4.69) is 15.6 Å². The van der Waals surface area contributed by atoms with Gasteiger partial charge < -0.3 is 24.8 Å². The van der Waals surface area contributed by atoms with E-state index >= 15 is 0 Å². The molecule has 172 valence electrons. The second-order valence-electron chi connectivity index (χ2n) is 8.74. The van der Waals surface area contributed by atoms with Crippen LogP contribution in [0.15, 0.2) is 42.6 Å². The Balaban J connectivity index is 1.64. The minimum absolute atomic E-state index is 0.0280. The number of amides is 2. The third-order valence-corrected chi connectivity index (χ3v) is 4.95. The van der Waals surface area contributed by atoms with Crippen molar-refractivity contribution in [2.24, 2.45) is 0 Å². The predicted octanol–water partition coefficient (Wildman–Crippen LogP) is 4.28. The average Bonchev–Trinajstić information content (AvgIpc) is 2.72. The number of fused-ring (bicyclic) bond motifs is 1. The van der Waals surface area contributed by atoms with Gasteiger partial charge in [0.1, 0.15) is 18.0 Å². The molecule has 1 aliphatic carbocycles. The number of nitrogens with one attached hydrogen (secondary N) is 2. The Morgan fingerprint density at radius 3 is 2.59 bits per heavy atom. The van der Waals surface area contributed by atoms with Gasteiger partial charge in [0, 0.05) is 13.3 Å². The van der Waals surface area contributed by atoms with Crippen LogP contribution in [0.3, 0.4) is 0 Å². The number of aromatic nitrogens is 1. The summed E-state index contributed by atoms with van der Waals surface area (Å²) in [5.41, 5.74) is 2.45. The number of anilines is 1. The molecule has 2 unspecified atom stereocenters. The van der Waals surface area contributed by atoms with Crippen molar-refractivity contribution in [1.82, 2.24) is 10.3 Å². The number of benzene rings is 1. The van der Waals surface area contributed by atoms with Crippen LogP contribution in [0.5, 0.6) is 0 Å². The van der Waals surface area contributed by atoms with Crippen molar-refractivity contribution < 1.29 is 23.8 Å².